The van der Waals surface area contributed by atoms with Crippen LogP contribution in [0.1, 0.15) is 124 Å². The van der Waals surface area contributed by atoms with Gasteiger partial charge < -0.3 is 47.6 Å². The van der Waals surface area contributed by atoms with Crippen LogP contribution in [0, 0.1) is 56.4 Å². The molecule has 704 valence electrons. The number of aromatic amines is 1. The molecule has 0 radical (unpaired) electrons. The molecule has 0 unspecified atom stereocenters. The molecule has 39 nitrogen and oxygen atoms in total. The molecule has 47 heteroatoms. The summed E-state index contributed by atoms with van der Waals surface area (Å²) in [5, 5.41) is 52.7. The Morgan fingerprint density at radius 1 is 0.539 bits per heavy atom. The molecule has 0 amide bonds. The van der Waals surface area contributed by atoms with Crippen molar-refractivity contribution in [1.82, 2.24) is 39.8 Å². The number of ketones is 3. The number of nitro groups is 5. The molecule has 0 aliphatic carbocycles. The number of halogens is 7. The van der Waals surface area contributed by atoms with E-state index in [0.29, 0.717) is 37.8 Å². The van der Waals surface area contributed by atoms with Crippen LogP contribution in [-0.2, 0) is 18.9 Å². The largest absolute Gasteiger partial charge is 0.481 e. The van der Waals surface area contributed by atoms with E-state index in [4.69, 9.17) is 65.8 Å². The number of alkyl halides is 2. The van der Waals surface area contributed by atoms with Crippen molar-refractivity contribution in [2.75, 3.05) is 136 Å². The Kier molecular flexibility index (Phi) is 53.0. The SMILES string of the molecule is C/C=C(\F)C(=O)c1nc(OC)ccc1[N+](=O)[O-].C/C=C(\F)C(=O)c1nc(OC)ccc1[N+](=O)[O-].C=C(OCC)c1nc(OC)ccc1[N+](=O)[O-].C=[C](OCC)[Sn]([CH2]CCC)([CH2]CCC)[CH2]CCC.COC(OC)N(C)C.COc1ccc([N+](=O)[O-])c(C(=O)CF)n1.COc1ccc([N+](=O)[O-])c(Cl)n1.COc1ccc2[nH]cc(F)c(=O)c2n1.F[N+]12CC[N+](CCl)(CC1)CC2. The van der Waals surface area contributed by atoms with E-state index in [9.17, 15) is 91.8 Å². The second kappa shape index (κ2) is 59.4. The van der Waals surface area contributed by atoms with Gasteiger partial charge in [0.05, 0.1) is 79.4 Å². The monoisotopic (exact) mass is 1960 g/mol. The van der Waals surface area contributed by atoms with Crippen molar-refractivity contribution in [2.24, 2.45) is 0 Å². The van der Waals surface area contributed by atoms with Crippen molar-refractivity contribution in [3.05, 3.63) is 214 Å². The average molecular weight is 1960 g/mol. The molecule has 3 aliphatic rings. The zero-order valence-corrected chi connectivity index (χ0v) is 78.7. The van der Waals surface area contributed by atoms with Crippen LogP contribution in [0.2, 0.25) is 18.5 Å². The van der Waals surface area contributed by atoms with Crippen molar-refractivity contribution < 1.29 is 118 Å². The number of piperazine rings is 3. The quantitative estimate of drug-likeness (QED) is 0.00304. The molecule has 128 heavy (non-hydrogen) atoms. The summed E-state index contributed by atoms with van der Waals surface area (Å²) in [7, 11) is 15.1. The Labute approximate surface area is 749 Å². The topological polar surface area (TPSA) is 473 Å². The van der Waals surface area contributed by atoms with Gasteiger partial charge in [-0.2, -0.15) is 4.98 Å². The average Bonchev–Trinajstić information content (AvgIpc) is 0.773. The van der Waals surface area contributed by atoms with Gasteiger partial charge in [0.25, 0.3) is 22.7 Å². The van der Waals surface area contributed by atoms with Gasteiger partial charge in [-0.3, -0.25) is 79.1 Å². The summed E-state index contributed by atoms with van der Waals surface area (Å²) in [6.45, 7) is 26.0. The number of H-pyrrole nitrogens is 1. The first-order chi connectivity index (χ1) is 60.6. The molecule has 3 fully saturated rings. The molecule has 0 aromatic carbocycles. The molecule has 10 rings (SSSR count). The first kappa shape index (κ1) is 114. The second-order valence-corrected chi connectivity index (χ2v) is 40.7. The third kappa shape index (κ3) is 36.6. The zero-order valence-electron chi connectivity index (χ0n) is 74.3. The van der Waals surface area contributed by atoms with E-state index in [1.54, 1.807) is 33.3 Å². The fourth-order valence-electron chi connectivity index (χ4n) is 11.4. The van der Waals surface area contributed by atoms with Crippen LogP contribution in [-0.4, -0.2) is 252 Å². The number of carbonyl (C=O) groups excluding carboxylic acids is 3. The van der Waals surface area contributed by atoms with Crippen molar-refractivity contribution >= 4 is 104 Å². The molecule has 1 N–H and O–H groups in total. The van der Waals surface area contributed by atoms with Gasteiger partial charge in [-0.05, 0) is 57.6 Å². The Hall–Kier alpha value is -11.7. The predicted molar refractivity (Wildman–Crippen MR) is 469 cm³/mol. The van der Waals surface area contributed by atoms with E-state index in [1.165, 1.54) is 155 Å². The Balaban J connectivity index is 0.000000725. The van der Waals surface area contributed by atoms with Crippen molar-refractivity contribution in [3.8, 4) is 35.3 Å². The summed E-state index contributed by atoms with van der Waals surface area (Å²) in [6, 6.07) is 16.0. The van der Waals surface area contributed by atoms with Gasteiger partial charge in [-0.1, -0.05) is 29.8 Å². The first-order valence-electron chi connectivity index (χ1n) is 39.1. The third-order valence-electron chi connectivity index (χ3n) is 18.4. The minimum Gasteiger partial charge on any atom is -0.481 e. The summed E-state index contributed by atoms with van der Waals surface area (Å²) in [4.78, 5) is 121. The van der Waals surface area contributed by atoms with Crippen molar-refractivity contribution in [2.45, 2.75) is 107 Å². The number of quaternary nitrogens is 2. The number of allylic oxidation sites excluding steroid dienone is 4. The number of pyridine rings is 7. The van der Waals surface area contributed by atoms with Gasteiger partial charge in [0.15, 0.2) is 72.6 Å². The number of unbranched alkanes of at least 4 members (excludes halogenated alkanes) is 3. The van der Waals surface area contributed by atoms with Gasteiger partial charge in [-0.25, -0.2) is 42.5 Å². The number of aromatic nitrogens is 7. The van der Waals surface area contributed by atoms with E-state index >= 15 is 0 Å². The number of carbonyl (C=O) groups is 3. The molecule has 0 atom stereocenters. The number of rotatable bonds is 36. The number of nitrogens with one attached hydrogen (secondary N) is 1. The van der Waals surface area contributed by atoms with Gasteiger partial charge >= 0.3 is 125 Å². The van der Waals surface area contributed by atoms with E-state index in [2.05, 4.69) is 80.5 Å². The van der Waals surface area contributed by atoms with Crippen LogP contribution in [0.5, 0.6) is 35.3 Å². The molecule has 0 spiro atoms. The van der Waals surface area contributed by atoms with E-state index in [0.717, 1.165) is 67.3 Å². The molecule has 0 saturated carbocycles. The minimum atomic E-state index is -2.24. The summed E-state index contributed by atoms with van der Waals surface area (Å²) >= 11 is 9.08. The maximum Gasteiger partial charge on any atom is 0.306 e. The van der Waals surface area contributed by atoms with Gasteiger partial charge in [-0.15, -0.1) is 4.71 Å². The van der Waals surface area contributed by atoms with Crippen LogP contribution in [0.25, 0.3) is 16.8 Å². The van der Waals surface area contributed by atoms with Gasteiger partial charge in [0.2, 0.25) is 69.6 Å². The third-order valence-corrected chi connectivity index (χ3v) is 34.2. The predicted octanol–water partition coefficient (Wildman–Crippen LogP) is 16.8. The number of nitrogens with zero attached hydrogens (tertiary/aromatic N) is 14. The summed E-state index contributed by atoms with van der Waals surface area (Å²) < 4.78 is 120. The van der Waals surface area contributed by atoms with Crippen molar-refractivity contribution in [3.63, 3.8) is 0 Å². The van der Waals surface area contributed by atoms with Crippen LogP contribution in [0.3, 0.4) is 0 Å². The molecule has 2 bridgehead atoms. The number of hydrogen-bond acceptors (Lipinski definition) is 31. The number of hydrogen-bond donors (Lipinski definition) is 1. The van der Waals surface area contributed by atoms with Crippen LogP contribution < -0.4 is 33.8 Å². The standard InChI is InChI=1S/2C10H9FN2O4.C10H12N2O4.C9H7FN2O2.C8H7FN2O4.C7H14ClFN2.C6H5ClN2O3.C5H13NO2.C4H7O.3C4H9.Sn/c2*1-3-6(11)10(14)9-7(13(15)16)4-5-8(12-9)17-2;1-4-16-7(2)10-8(12(13)14)5-6-9(11-10)15-3;1-14-7-3-2-6-8(12-7)9(13)5(10)4-11-6;1-15-7-3-2-5(11(13)14)8(10-7)6(12)4-9;8-7-10-1-4-11(9,5-2-10)6-3-10;1-12-5-3-2-4(9(10)11)6(7)8-5;1-6(2)5(7-3)8-4;1-3-5-4-2;3*1-3-4-2;/h2*3-5H,1-2H3;5-6H,2,4H2,1,3H3;2-4H,1H3,(H,11,13);2-3H,4H2,1H3;1-7H2;2-3H,1H3;5H,1-4H3;1,4H2,2H3;3*1,3-4H2,2H3;/q;;;;;+2;;;;;;;/b2*6-3-;;;;;;;;;;;. The zero-order chi connectivity index (χ0) is 97.2. The fourth-order valence-corrected chi connectivity index (χ4v) is 26.6. The maximum atomic E-state index is 13.5. The second-order valence-electron chi connectivity index (χ2n) is 26.9. The van der Waals surface area contributed by atoms with Gasteiger partial charge in [0, 0.05) is 87.1 Å². The Bertz CT molecular complexity index is 4830. The van der Waals surface area contributed by atoms with E-state index in [1.807, 2.05) is 19.0 Å². The van der Waals surface area contributed by atoms with Crippen LogP contribution >= 0.6 is 23.2 Å². The van der Waals surface area contributed by atoms with Crippen molar-refractivity contribution in [1.29, 1.82) is 0 Å². The van der Waals surface area contributed by atoms with Gasteiger partial charge in [0.1, 0.15) is 30.9 Å². The summed E-state index contributed by atoms with van der Waals surface area (Å²) in [6.07, 6.45) is 10.7. The first-order valence-corrected chi connectivity index (χ1v) is 47.5. The molecular formula is C81H110Cl2F5N15O24Sn+2. The molecular weight excluding hydrogens is 1850 g/mol. The normalized spacial score (nSPS) is 13.9. The Morgan fingerprint density at radius 2 is 0.875 bits per heavy atom. The number of Topliss-reactive ketones (excluding diaryl/α,β-unsaturated/α-hetero) is 3. The molecule has 7 aromatic rings. The maximum absolute atomic E-state index is 13.5. The summed E-state index contributed by atoms with van der Waals surface area (Å²) in [5.74, 6) is -5.37. The number of methoxy groups -OCH3 is 8. The molecule has 10 heterocycles. The molecule has 7 aromatic heterocycles. The smallest absolute Gasteiger partial charge is 0.306 e. The Morgan fingerprint density at radius 3 is 1.19 bits per heavy atom. The van der Waals surface area contributed by atoms with Crippen LogP contribution in [0.15, 0.2) is 125 Å². The van der Waals surface area contributed by atoms with E-state index in [-0.39, 0.29) is 79.9 Å². The fraction of sp³-hybridized carbons (Fsp3) is 0.457. The van der Waals surface area contributed by atoms with E-state index < -0.39 is 124 Å². The number of ether oxygens (including phenoxy) is 10. The number of fused-ring (bicyclic) bond motifs is 4. The van der Waals surface area contributed by atoms with Crippen LogP contribution in [0.4, 0.5) is 50.5 Å². The molecule has 3 aliphatic heterocycles. The molecule has 3 saturated heterocycles. The summed E-state index contributed by atoms with van der Waals surface area (Å²) in [5.41, 5.74) is -3.82. The minimum absolute atomic E-state index is 0.00264.